The van der Waals surface area contributed by atoms with Gasteiger partial charge in [0.05, 0.1) is 23.0 Å². The van der Waals surface area contributed by atoms with E-state index in [1.165, 1.54) is 6.07 Å². The lowest BCUT2D eigenvalue weighted by molar-refractivity contribution is -0.138. The highest BCUT2D eigenvalue weighted by Crippen LogP contribution is 2.36. The second-order valence-electron chi connectivity index (χ2n) is 7.51. The summed E-state index contributed by atoms with van der Waals surface area (Å²) >= 11 is 1.10. The molecule has 1 spiro atoms. The molecule has 0 radical (unpaired) electrons. The van der Waals surface area contributed by atoms with Crippen LogP contribution in [0.25, 0.3) is 0 Å². The first kappa shape index (κ1) is 21.5. The number of nitrogens with zero attached hydrogens (tertiary/aromatic N) is 3. The largest absolute Gasteiger partial charge is 0.417 e. The van der Waals surface area contributed by atoms with Crippen molar-refractivity contribution in [2.24, 2.45) is 0 Å². The van der Waals surface area contributed by atoms with E-state index in [9.17, 15) is 22.8 Å². The first-order valence-electron chi connectivity index (χ1n) is 9.84. The minimum Gasteiger partial charge on any atom is -0.342 e. The summed E-state index contributed by atoms with van der Waals surface area (Å²) in [5.41, 5.74) is -0.521. The number of aromatic nitrogens is 1. The molecule has 0 aliphatic carbocycles. The topological polar surface area (TPSA) is 65.5 Å². The third-order valence-corrected chi connectivity index (χ3v) is 6.68. The molecule has 6 nitrogen and oxygen atoms in total. The molecular weight excluding hydrogens is 429 g/mol. The van der Waals surface area contributed by atoms with Crippen LogP contribution < -0.4 is 10.2 Å². The van der Waals surface area contributed by atoms with E-state index in [2.05, 4.69) is 15.2 Å². The van der Waals surface area contributed by atoms with Crippen LogP contribution in [0.4, 0.5) is 18.9 Å². The van der Waals surface area contributed by atoms with E-state index in [1.54, 1.807) is 4.90 Å². The van der Waals surface area contributed by atoms with E-state index >= 15 is 0 Å². The Bertz CT molecular complexity index is 945. The zero-order valence-corrected chi connectivity index (χ0v) is 17.4. The molecular formula is C21H21F3N4O2S. The second kappa shape index (κ2) is 8.41. The highest BCUT2D eigenvalue weighted by atomic mass is 32.2. The summed E-state index contributed by atoms with van der Waals surface area (Å²) in [5.74, 6) is -0.0575. The smallest absolute Gasteiger partial charge is 0.342 e. The number of hydrogen-bond donors (Lipinski definition) is 1. The van der Waals surface area contributed by atoms with Gasteiger partial charge in [-0.05, 0) is 37.1 Å². The van der Waals surface area contributed by atoms with Gasteiger partial charge < -0.3 is 15.1 Å². The van der Waals surface area contributed by atoms with E-state index in [-0.39, 0.29) is 17.6 Å². The molecule has 1 N–H and O–H groups in total. The number of benzene rings is 1. The zero-order valence-electron chi connectivity index (χ0n) is 16.6. The lowest BCUT2D eigenvalue weighted by Crippen LogP contribution is -2.57. The Hall–Kier alpha value is -2.75. The summed E-state index contributed by atoms with van der Waals surface area (Å²) in [6.45, 7) is 1.32. The molecule has 0 bridgehead atoms. The number of rotatable bonds is 4. The summed E-state index contributed by atoms with van der Waals surface area (Å²) in [7, 11) is 0. The van der Waals surface area contributed by atoms with Crippen LogP contribution in [-0.2, 0) is 15.8 Å². The number of thioether (sulfide) groups is 1. The van der Waals surface area contributed by atoms with Crippen molar-refractivity contribution in [2.75, 3.05) is 30.4 Å². The number of carbonyl (C=O) groups excluding carboxylic acids is 2. The fraction of sp³-hybridized carbons (Fsp3) is 0.381. The summed E-state index contributed by atoms with van der Waals surface area (Å²) in [5, 5.41) is 3.29. The minimum atomic E-state index is -4.43. The van der Waals surface area contributed by atoms with Crippen molar-refractivity contribution in [1.29, 1.82) is 0 Å². The van der Waals surface area contributed by atoms with Gasteiger partial charge in [0.1, 0.15) is 5.54 Å². The minimum absolute atomic E-state index is 0.0215. The lowest BCUT2D eigenvalue weighted by Gasteiger charge is -2.43. The Morgan fingerprint density at radius 3 is 2.45 bits per heavy atom. The van der Waals surface area contributed by atoms with Crippen molar-refractivity contribution >= 4 is 29.3 Å². The van der Waals surface area contributed by atoms with Crippen LogP contribution in [0.2, 0.25) is 0 Å². The average Bonchev–Trinajstić information content (AvgIpc) is 3.08. The third-order valence-electron chi connectivity index (χ3n) is 5.76. The highest BCUT2D eigenvalue weighted by Gasteiger charge is 2.50. The molecule has 2 saturated heterocycles. The van der Waals surface area contributed by atoms with E-state index in [1.807, 2.05) is 30.3 Å². The van der Waals surface area contributed by atoms with E-state index in [0.29, 0.717) is 37.6 Å². The summed E-state index contributed by atoms with van der Waals surface area (Å²) < 4.78 is 37.9. The number of likely N-dealkylation sites (tertiary alicyclic amines) is 1. The first-order chi connectivity index (χ1) is 14.8. The van der Waals surface area contributed by atoms with Gasteiger partial charge in [0, 0.05) is 25.0 Å². The molecule has 0 unspecified atom stereocenters. The number of alkyl halides is 3. The lowest BCUT2D eigenvalue weighted by atomic mass is 9.85. The van der Waals surface area contributed by atoms with Gasteiger partial charge in [-0.15, -0.1) is 0 Å². The fourth-order valence-electron chi connectivity index (χ4n) is 4.02. The molecule has 10 heteroatoms. The number of piperidine rings is 1. The molecule has 2 aromatic rings. The predicted octanol–water partition coefficient (Wildman–Crippen LogP) is 3.15. The second-order valence-corrected chi connectivity index (χ2v) is 8.51. The molecule has 164 valence electrons. The fourth-order valence-corrected chi connectivity index (χ4v) is 4.76. The summed E-state index contributed by atoms with van der Waals surface area (Å²) in [6, 6.07) is 11.9. The molecule has 3 heterocycles. The average molecular weight is 450 g/mol. The Labute approximate surface area is 181 Å². The Morgan fingerprint density at radius 1 is 1.13 bits per heavy atom. The van der Waals surface area contributed by atoms with E-state index in [0.717, 1.165) is 29.7 Å². The molecule has 0 atom stereocenters. The van der Waals surface area contributed by atoms with Gasteiger partial charge >= 0.3 is 6.18 Å². The van der Waals surface area contributed by atoms with Crippen molar-refractivity contribution in [2.45, 2.75) is 29.6 Å². The van der Waals surface area contributed by atoms with Crippen molar-refractivity contribution in [3.63, 3.8) is 0 Å². The predicted molar refractivity (Wildman–Crippen MR) is 110 cm³/mol. The van der Waals surface area contributed by atoms with Gasteiger partial charge in [-0.1, -0.05) is 30.0 Å². The Balaban J connectivity index is 1.35. The molecule has 1 aromatic carbocycles. The van der Waals surface area contributed by atoms with Crippen molar-refractivity contribution in [3.05, 3.63) is 54.2 Å². The van der Waals surface area contributed by atoms with Gasteiger partial charge in [0.25, 0.3) is 0 Å². The van der Waals surface area contributed by atoms with Gasteiger partial charge in [-0.2, -0.15) is 13.2 Å². The number of para-hydroxylation sites is 1. The van der Waals surface area contributed by atoms with Crippen LogP contribution in [0, 0.1) is 0 Å². The van der Waals surface area contributed by atoms with Crippen LogP contribution in [0.1, 0.15) is 18.4 Å². The highest BCUT2D eigenvalue weighted by molar-refractivity contribution is 7.99. The Kier molecular flexibility index (Phi) is 5.83. The molecule has 31 heavy (non-hydrogen) atoms. The van der Waals surface area contributed by atoms with E-state index < -0.39 is 17.3 Å². The van der Waals surface area contributed by atoms with E-state index in [4.69, 9.17) is 0 Å². The molecule has 2 aliphatic heterocycles. The van der Waals surface area contributed by atoms with Crippen LogP contribution in [0.5, 0.6) is 0 Å². The first-order valence-corrected chi connectivity index (χ1v) is 10.8. The number of halogens is 3. The van der Waals surface area contributed by atoms with Gasteiger partial charge in [-0.3, -0.25) is 9.59 Å². The van der Waals surface area contributed by atoms with Gasteiger partial charge in [0.15, 0.2) is 0 Å². The van der Waals surface area contributed by atoms with Gasteiger partial charge in [-0.25, -0.2) is 4.98 Å². The number of hydrogen-bond acceptors (Lipinski definition) is 5. The number of amides is 2. The Morgan fingerprint density at radius 2 is 1.84 bits per heavy atom. The van der Waals surface area contributed by atoms with Crippen molar-refractivity contribution in [3.8, 4) is 0 Å². The molecule has 2 fully saturated rings. The van der Waals surface area contributed by atoms with Crippen LogP contribution in [-0.4, -0.2) is 52.7 Å². The molecule has 1 aromatic heterocycles. The SMILES string of the molecule is O=C(CSc1ccc(C(F)(F)F)cn1)N1CCC2(CC1)C(=O)NCN2c1ccccc1. The molecule has 0 saturated carbocycles. The number of carbonyl (C=O) groups is 2. The van der Waals surface area contributed by atoms with Crippen molar-refractivity contribution < 1.29 is 22.8 Å². The van der Waals surface area contributed by atoms with Crippen molar-refractivity contribution in [1.82, 2.24) is 15.2 Å². The summed E-state index contributed by atoms with van der Waals surface area (Å²) in [6.07, 6.45) is -2.63. The normalized spacial score (nSPS) is 18.4. The maximum Gasteiger partial charge on any atom is 0.417 e. The quantitative estimate of drug-likeness (QED) is 0.725. The monoisotopic (exact) mass is 450 g/mol. The number of pyridine rings is 1. The molecule has 2 aliphatic rings. The van der Waals surface area contributed by atoms with Gasteiger partial charge in [0.2, 0.25) is 11.8 Å². The van der Waals surface area contributed by atoms with Crippen LogP contribution >= 0.6 is 11.8 Å². The molecule has 2 amide bonds. The summed E-state index contributed by atoms with van der Waals surface area (Å²) in [4.78, 5) is 32.8. The standard InChI is InChI=1S/C21H21F3N4O2S/c22-21(23,24)15-6-7-17(25-12-15)31-13-18(29)27-10-8-20(9-11-27)19(30)26-14-28(20)16-4-2-1-3-5-16/h1-7,12H,8-11,13-14H2,(H,26,30). The zero-order chi connectivity index (χ0) is 22.1. The maximum atomic E-state index is 12.7. The number of nitrogens with one attached hydrogen (secondary N) is 1. The molecule has 4 rings (SSSR count). The number of anilines is 1. The third kappa shape index (κ3) is 4.34. The maximum absolute atomic E-state index is 12.7. The van der Waals surface area contributed by atoms with Crippen LogP contribution in [0.15, 0.2) is 53.7 Å². The van der Waals surface area contributed by atoms with Crippen LogP contribution in [0.3, 0.4) is 0 Å².